The minimum absolute atomic E-state index is 0. The number of hydrogen-bond acceptors (Lipinski definition) is 5. The topological polar surface area (TPSA) is 66.6 Å². The van der Waals surface area contributed by atoms with Crippen molar-refractivity contribution in [2.45, 2.75) is 20.0 Å². The van der Waals surface area contributed by atoms with Crippen LogP contribution in [-0.2, 0) is 13.1 Å². The van der Waals surface area contributed by atoms with E-state index >= 15 is 0 Å². The Labute approximate surface area is 153 Å². The maximum atomic E-state index is 4.53. The molecule has 0 fully saturated rings. The molecule has 0 aliphatic carbocycles. The van der Waals surface area contributed by atoms with Crippen LogP contribution in [0.4, 0.5) is 0 Å². The number of nitrogens with zero attached hydrogens (tertiary/aromatic N) is 4. The molecule has 0 aliphatic rings. The SMILES string of the molecule is CN=C(NCc1cn2ccsc2n1)NCc1nc(C)cs1.I. The van der Waals surface area contributed by atoms with Crippen molar-refractivity contribution >= 4 is 57.6 Å². The van der Waals surface area contributed by atoms with Gasteiger partial charge in [0.2, 0.25) is 0 Å². The van der Waals surface area contributed by atoms with Crippen molar-refractivity contribution in [3.8, 4) is 0 Å². The zero-order valence-corrected chi connectivity index (χ0v) is 16.2. The van der Waals surface area contributed by atoms with E-state index in [0.717, 1.165) is 27.3 Å². The van der Waals surface area contributed by atoms with Gasteiger partial charge in [0.15, 0.2) is 10.9 Å². The first-order chi connectivity index (χ1) is 10.2. The lowest BCUT2D eigenvalue weighted by Gasteiger charge is -2.09. The first-order valence-electron chi connectivity index (χ1n) is 6.51. The molecule has 3 aromatic heterocycles. The molecule has 3 heterocycles. The van der Waals surface area contributed by atoms with Crippen LogP contribution in [0.3, 0.4) is 0 Å². The van der Waals surface area contributed by atoms with Gasteiger partial charge in [0.05, 0.1) is 18.8 Å². The molecule has 0 saturated heterocycles. The van der Waals surface area contributed by atoms with Crippen LogP contribution >= 0.6 is 46.7 Å². The normalized spacial score (nSPS) is 11.5. The predicted octanol–water partition coefficient (Wildman–Crippen LogP) is 2.64. The highest BCUT2D eigenvalue weighted by Gasteiger charge is 2.05. The second-order valence-electron chi connectivity index (χ2n) is 4.49. The van der Waals surface area contributed by atoms with Crippen LogP contribution < -0.4 is 10.6 Å². The number of thiazole rings is 2. The first kappa shape index (κ1) is 17.2. The average Bonchev–Trinajstić information content (AvgIpc) is 3.15. The van der Waals surface area contributed by atoms with Crippen LogP contribution in [-0.4, -0.2) is 27.4 Å². The summed E-state index contributed by atoms with van der Waals surface area (Å²) in [5.41, 5.74) is 2.05. The van der Waals surface area contributed by atoms with Gasteiger partial charge in [-0.3, -0.25) is 9.39 Å². The van der Waals surface area contributed by atoms with Crippen LogP contribution in [0.1, 0.15) is 16.4 Å². The number of guanidine groups is 1. The smallest absolute Gasteiger partial charge is 0.193 e. The summed E-state index contributed by atoms with van der Waals surface area (Å²) in [7, 11) is 1.76. The van der Waals surface area contributed by atoms with Gasteiger partial charge in [-0.1, -0.05) is 0 Å². The summed E-state index contributed by atoms with van der Waals surface area (Å²) < 4.78 is 2.02. The number of imidazole rings is 1. The Bertz CT molecular complexity index is 731. The molecule has 0 unspecified atom stereocenters. The largest absolute Gasteiger partial charge is 0.351 e. The second-order valence-corrected chi connectivity index (χ2v) is 6.30. The van der Waals surface area contributed by atoms with Gasteiger partial charge in [0.25, 0.3) is 0 Å². The maximum absolute atomic E-state index is 4.53. The van der Waals surface area contributed by atoms with Crippen LogP contribution in [0, 0.1) is 6.92 Å². The summed E-state index contributed by atoms with van der Waals surface area (Å²) in [4.78, 5) is 14.2. The monoisotopic (exact) mass is 448 g/mol. The summed E-state index contributed by atoms with van der Waals surface area (Å²) in [6, 6.07) is 0. The third kappa shape index (κ3) is 4.17. The highest BCUT2D eigenvalue weighted by atomic mass is 127. The molecule has 0 atom stereocenters. The third-order valence-corrected chi connectivity index (χ3v) is 4.61. The van der Waals surface area contributed by atoms with E-state index in [-0.39, 0.29) is 24.0 Å². The number of aryl methyl sites for hydroxylation is 1. The standard InChI is InChI=1S/C13H16N6S2.HI/c1-9-8-21-11(17-9)6-16-12(14-2)15-5-10-7-19-3-4-20-13(19)18-10;/h3-4,7-8H,5-6H2,1-2H3,(H2,14,15,16);1H. The lowest BCUT2D eigenvalue weighted by Crippen LogP contribution is -2.36. The van der Waals surface area contributed by atoms with E-state index in [9.17, 15) is 0 Å². The van der Waals surface area contributed by atoms with E-state index in [2.05, 4.69) is 25.6 Å². The van der Waals surface area contributed by atoms with Crippen molar-refractivity contribution in [1.82, 2.24) is 25.0 Å². The van der Waals surface area contributed by atoms with Crippen molar-refractivity contribution in [3.05, 3.63) is 39.5 Å². The van der Waals surface area contributed by atoms with Gasteiger partial charge in [-0.05, 0) is 6.92 Å². The fraction of sp³-hybridized carbons (Fsp3) is 0.308. The number of aromatic nitrogens is 3. The Morgan fingerprint density at radius 3 is 2.77 bits per heavy atom. The first-order valence-corrected chi connectivity index (χ1v) is 8.27. The van der Waals surface area contributed by atoms with E-state index in [1.807, 2.05) is 34.5 Å². The quantitative estimate of drug-likeness (QED) is 0.366. The van der Waals surface area contributed by atoms with Gasteiger partial charge in [0.1, 0.15) is 5.01 Å². The minimum atomic E-state index is 0. The van der Waals surface area contributed by atoms with Crippen molar-refractivity contribution in [2.24, 2.45) is 4.99 Å². The Kier molecular flexibility index (Phi) is 6.15. The molecular weight excluding hydrogens is 431 g/mol. The molecule has 22 heavy (non-hydrogen) atoms. The second kappa shape index (κ2) is 7.88. The van der Waals surface area contributed by atoms with E-state index < -0.39 is 0 Å². The lowest BCUT2D eigenvalue weighted by atomic mass is 10.5. The number of halogens is 1. The summed E-state index contributed by atoms with van der Waals surface area (Å²) in [6.45, 7) is 3.32. The Morgan fingerprint density at radius 2 is 2.09 bits per heavy atom. The van der Waals surface area contributed by atoms with E-state index in [1.54, 1.807) is 29.7 Å². The van der Waals surface area contributed by atoms with Gasteiger partial charge in [-0.25, -0.2) is 9.97 Å². The van der Waals surface area contributed by atoms with Crippen LogP contribution in [0.25, 0.3) is 4.96 Å². The fourth-order valence-electron chi connectivity index (χ4n) is 1.90. The molecule has 9 heteroatoms. The number of aliphatic imine (C=N–C) groups is 1. The van der Waals surface area contributed by atoms with Gasteiger partial charge in [-0.15, -0.1) is 46.7 Å². The van der Waals surface area contributed by atoms with Crippen LogP contribution in [0.15, 0.2) is 28.1 Å². The van der Waals surface area contributed by atoms with E-state index in [1.165, 1.54) is 0 Å². The molecule has 0 aliphatic heterocycles. The third-order valence-electron chi connectivity index (χ3n) is 2.88. The maximum Gasteiger partial charge on any atom is 0.193 e. The number of nitrogens with one attached hydrogen (secondary N) is 2. The molecule has 0 amide bonds. The summed E-state index contributed by atoms with van der Waals surface area (Å²) >= 11 is 3.28. The van der Waals surface area contributed by atoms with E-state index in [0.29, 0.717) is 13.1 Å². The van der Waals surface area contributed by atoms with Gasteiger partial charge < -0.3 is 10.6 Å². The molecule has 0 saturated carbocycles. The fourth-order valence-corrected chi connectivity index (χ4v) is 3.33. The average molecular weight is 448 g/mol. The highest BCUT2D eigenvalue weighted by molar-refractivity contribution is 14.0. The molecule has 2 N–H and O–H groups in total. The minimum Gasteiger partial charge on any atom is -0.351 e. The predicted molar refractivity (Wildman–Crippen MR) is 102 cm³/mol. The van der Waals surface area contributed by atoms with Crippen molar-refractivity contribution < 1.29 is 0 Å². The summed E-state index contributed by atoms with van der Waals surface area (Å²) in [5.74, 6) is 0.749. The van der Waals surface area contributed by atoms with Gasteiger partial charge >= 0.3 is 0 Å². The molecule has 0 aromatic carbocycles. The number of rotatable bonds is 4. The molecule has 3 aromatic rings. The van der Waals surface area contributed by atoms with Gasteiger partial charge in [0, 0.05) is 35.9 Å². The Morgan fingerprint density at radius 1 is 1.27 bits per heavy atom. The molecule has 0 radical (unpaired) electrons. The van der Waals surface area contributed by atoms with Crippen LogP contribution in [0.5, 0.6) is 0 Å². The summed E-state index contributed by atoms with van der Waals surface area (Å²) in [6.07, 6.45) is 4.03. The van der Waals surface area contributed by atoms with Crippen molar-refractivity contribution in [1.29, 1.82) is 0 Å². The zero-order valence-electron chi connectivity index (χ0n) is 12.2. The molecule has 0 spiro atoms. The Balaban J connectivity index is 0.00000176. The zero-order chi connectivity index (χ0) is 14.7. The molecule has 0 bridgehead atoms. The molecule has 118 valence electrons. The van der Waals surface area contributed by atoms with Crippen molar-refractivity contribution in [2.75, 3.05) is 7.05 Å². The van der Waals surface area contributed by atoms with E-state index in [4.69, 9.17) is 0 Å². The molecule has 6 nitrogen and oxygen atoms in total. The number of hydrogen-bond donors (Lipinski definition) is 2. The lowest BCUT2D eigenvalue weighted by molar-refractivity contribution is 0.794. The Hall–Kier alpha value is -1.20. The summed E-state index contributed by atoms with van der Waals surface area (Å²) in [5, 5.41) is 11.6. The highest BCUT2D eigenvalue weighted by Crippen LogP contribution is 2.11. The molecule has 3 rings (SSSR count). The van der Waals surface area contributed by atoms with Crippen molar-refractivity contribution in [3.63, 3.8) is 0 Å². The molecular formula is C13H17IN6S2. The van der Waals surface area contributed by atoms with Gasteiger partial charge in [-0.2, -0.15) is 0 Å². The van der Waals surface area contributed by atoms with Crippen LogP contribution in [0.2, 0.25) is 0 Å². The number of fused-ring (bicyclic) bond motifs is 1.